The third-order valence-corrected chi connectivity index (χ3v) is 5.42. The first kappa shape index (κ1) is 18.4. The monoisotopic (exact) mass is 392 g/mol. The molecular weight excluding hydrogens is 376 g/mol. The maximum atomic E-state index is 12.3. The normalized spacial score (nSPS) is 11.5. The molecule has 3 rings (SSSR count). The molecule has 0 unspecified atom stereocenters. The molecule has 1 aromatic heterocycles. The zero-order valence-corrected chi connectivity index (χ0v) is 15.5. The second-order valence-electron chi connectivity index (χ2n) is 5.40. The van der Waals surface area contributed by atoms with Crippen LogP contribution in [0, 0.1) is 0 Å². The summed E-state index contributed by atoms with van der Waals surface area (Å²) >= 11 is 5.98. The van der Waals surface area contributed by atoms with Gasteiger partial charge in [0, 0.05) is 18.1 Å². The predicted octanol–water partition coefficient (Wildman–Crippen LogP) is 3.25. The lowest BCUT2D eigenvalue weighted by molar-refractivity contribution is 0.323. The summed E-state index contributed by atoms with van der Waals surface area (Å²) in [6, 6.07) is 13.6. The van der Waals surface area contributed by atoms with Crippen LogP contribution in [-0.2, 0) is 10.0 Å². The highest BCUT2D eigenvalue weighted by Crippen LogP contribution is 2.26. The molecule has 0 aliphatic heterocycles. The molecule has 0 aliphatic carbocycles. The van der Waals surface area contributed by atoms with Crippen LogP contribution in [0.3, 0.4) is 0 Å². The standard InChI is InChI=1S/C18H17ClN2O4S/c1-24-18-7-5-15(12-16(18)19)26(22,23)21-9-10-25-14-4-6-17-13(11-14)3-2-8-20-17/h2-8,11-12,21H,9-10H2,1H3. The van der Waals surface area contributed by atoms with Crippen molar-refractivity contribution in [1.29, 1.82) is 0 Å². The lowest BCUT2D eigenvalue weighted by Crippen LogP contribution is -2.28. The lowest BCUT2D eigenvalue weighted by Gasteiger charge is -2.10. The summed E-state index contributed by atoms with van der Waals surface area (Å²) in [4.78, 5) is 4.31. The SMILES string of the molecule is COc1ccc(S(=O)(=O)NCCOc2ccc3ncccc3c2)cc1Cl. The zero-order valence-electron chi connectivity index (χ0n) is 14.0. The molecule has 136 valence electrons. The number of benzene rings is 2. The average molecular weight is 393 g/mol. The third-order valence-electron chi connectivity index (χ3n) is 3.67. The number of nitrogens with one attached hydrogen (secondary N) is 1. The molecule has 0 spiro atoms. The molecule has 26 heavy (non-hydrogen) atoms. The van der Waals surface area contributed by atoms with Crippen LogP contribution in [0.15, 0.2) is 59.6 Å². The van der Waals surface area contributed by atoms with Gasteiger partial charge < -0.3 is 9.47 Å². The number of halogens is 1. The van der Waals surface area contributed by atoms with Crippen LogP contribution < -0.4 is 14.2 Å². The highest BCUT2D eigenvalue weighted by atomic mass is 35.5. The van der Waals surface area contributed by atoms with Gasteiger partial charge in [0.15, 0.2) is 0 Å². The highest BCUT2D eigenvalue weighted by Gasteiger charge is 2.15. The summed E-state index contributed by atoms with van der Waals surface area (Å²) in [6.45, 7) is 0.311. The number of rotatable bonds is 7. The van der Waals surface area contributed by atoms with Crippen molar-refractivity contribution in [3.63, 3.8) is 0 Å². The Bertz CT molecular complexity index is 1020. The van der Waals surface area contributed by atoms with Crippen molar-refractivity contribution in [2.24, 2.45) is 0 Å². The van der Waals surface area contributed by atoms with E-state index in [1.165, 1.54) is 25.3 Å². The van der Waals surface area contributed by atoms with E-state index in [0.29, 0.717) is 11.5 Å². The first-order valence-corrected chi connectivity index (χ1v) is 9.66. The van der Waals surface area contributed by atoms with Gasteiger partial charge in [-0.05, 0) is 42.5 Å². The van der Waals surface area contributed by atoms with Gasteiger partial charge >= 0.3 is 0 Å². The molecule has 0 bridgehead atoms. The van der Waals surface area contributed by atoms with Crippen molar-refractivity contribution in [1.82, 2.24) is 9.71 Å². The van der Waals surface area contributed by atoms with Crippen LogP contribution in [0.25, 0.3) is 10.9 Å². The van der Waals surface area contributed by atoms with Crippen LogP contribution in [0.5, 0.6) is 11.5 Å². The maximum absolute atomic E-state index is 12.3. The molecule has 8 heteroatoms. The van der Waals surface area contributed by atoms with Crippen LogP contribution >= 0.6 is 11.6 Å². The number of fused-ring (bicyclic) bond motifs is 1. The van der Waals surface area contributed by atoms with E-state index in [0.717, 1.165) is 10.9 Å². The number of hydrogen-bond donors (Lipinski definition) is 1. The van der Waals surface area contributed by atoms with E-state index in [1.54, 1.807) is 12.3 Å². The Morgan fingerprint density at radius 3 is 2.77 bits per heavy atom. The minimum atomic E-state index is -3.68. The first-order valence-electron chi connectivity index (χ1n) is 7.80. The summed E-state index contributed by atoms with van der Waals surface area (Å²) < 4.78 is 37.7. The molecule has 2 aromatic carbocycles. The van der Waals surface area contributed by atoms with Gasteiger partial charge in [0.25, 0.3) is 0 Å². The Morgan fingerprint density at radius 1 is 1.15 bits per heavy atom. The number of ether oxygens (including phenoxy) is 2. The lowest BCUT2D eigenvalue weighted by atomic mass is 10.2. The molecule has 3 aromatic rings. The van der Waals surface area contributed by atoms with E-state index < -0.39 is 10.0 Å². The summed E-state index contributed by atoms with van der Waals surface area (Å²) in [5, 5.41) is 1.19. The Hall–Kier alpha value is -2.35. The number of pyridine rings is 1. The molecular formula is C18H17ClN2O4S. The van der Waals surface area contributed by atoms with Gasteiger partial charge in [0.1, 0.15) is 18.1 Å². The average Bonchev–Trinajstić information content (AvgIpc) is 2.65. The Kier molecular flexibility index (Phi) is 5.61. The van der Waals surface area contributed by atoms with Crippen molar-refractivity contribution in [2.75, 3.05) is 20.3 Å². The third kappa shape index (κ3) is 4.24. The van der Waals surface area contributed by atoms with Gasteiger partial charge in [0.2, 0.25) is 10.0 Å². The second-order valence-corrected chi connectivity index (χ2v) is 7.57. The van der Waals surface area contributed by atoms with Crippen molar-refractivity contribution < 1.29 is 17.9 Å². The van der Waals surface area contributed by atoms with Gasteiger partial charge in [-0.2, -0.15) is 0 Å². The molecule has 0 radical (unpaired) electrons. The minimum absolute atomic E-state index is 0.0695. The Balaban J connectivity index is 1.58. The maximum Gasteiger partial charge on any atom is 0.240 e. The fourth-order valence-electron chi connectivity index (χ4n) is 2.39. The van der Waals surface area contributed by atoms with E-state index in [9.17, 15) is 8.42 Å². The second kappa shape index (κ2) is 7.90. The predicted molar refractivity (Wildman–Crippen MR) is 100 cm³/mol. The molecule has 0 atom stereocenters. The summed E-state index contributed by atoms with van der Waals surface area (Å²) in [5.41, 5.74) is 0.872. The number of aromatic nitrogens is 1. The number of hydrogen-bond acceptors (Lipinski definition) is 5. The number of methoxy groups -OCH3 is 1. The fourth-order valence-corrected chi connectivity index (χ4v) is 3.75. The molecule has 1 heterocycles. The minimum Gasteiger partial charge on any atom is -0.495 e. The topological polar surface area (TPSA) is 77.5 Å². The van der Waals surface area contributed by atoms with Crippen molar-refractivity contribution in [3.05, 3.63) is 59.8 Å². The van der Waals surface area contributed by atoms with Crippen molar-refractivity contribution in [3.8, 4) is 11.5 Å². The molecule has 0 aliphatic rings. The summed E-state index contributed by atoms with van der Waals surface area (Å²) in [5.74, 6) is 1.07. The molecule has 0 saturated carbocycles. The van der Waals surface area contributed by atoms with Gasteiger partial charge in [-0.15, -0.1) is 0 Å². The van der Waals surface area contributed by atoms with Gasteiger partial charge in [0.05, 0.1) is 22.5 Å². The smallest absolute Gasteiger partial charge is 0.240 e. The van der Waals surface area contributed by atoms with E-state index in [-0.39, 0.29) is 23.1 Å². The Labute approximate surface area is 156 Å². The number of sulfonamides is 1. The molecule has 0 amide bonds. The van der Waals surface area contributed by atoms with Crippen LogP contribution in [-0.4, -0.2) is 33.7 Å². The quantitative estimate of drug-likeness (QED) is 0.624. The fraction of sp³-hybridized carbons (Fsp3) is 0.167. The zero-order chi connectivity index (χ0) is 18.6. The van der Waals surface area contributed by atoms with E-state index in [2.05, 4.69) is 9.71 Å². The molecule has 1 N–H and O–H groups in total. The highest BCUT2D eigenvalue weighted by molar-refractivity contribution is 7.89. The van der Waals surface area contributed by atoms with E-state index >= 15 is 0 Å². The van der Waals surface area contributed by atoms with E-state index in [4.69, 9.17) is 21.1 Å². The summed E-state index contributed by atoms with van der Waals surface area (Å²) in [6.07, 6.45) is 1.73. The van der Waals surface area contributed by atoms with E-state index in [1.807, 2.05) is 24.3 Å². The van der Waals surface area contributed by atoms with Crippen LogP contribution in [0.2, 0.25) is 5.02 Å². The number of nitrogens with zero attached hydrogens (tertiary/aromatic N) is 1. The van der Waals surface area contributed by atoms with Crippen LogP contribution in [0.1, 0.15) is 0 Å². The Morgan fingerprint density at radius 2 is 2.00 bits per heavy atom. The van der Waals surface area contributed by atoms with Crippen molar-refractivity contribution in [2.45, 2.75) is 4.90 Å². The van der Waals surface area contributed by atoms with Crippen LogP contribution in [0.4, 0.5) is 0 Å². The first-order chi connectivity index (χ1) is 12.5. The molecule has 6 nitrogen and oxygen atoms in total. The van der Waals surface area contributed by atoms with Gasteiger partial charge in [-0.3, -0.25) is 4.98 Å². The van der Waals surface area contributed by atoms with Crippen molar-refractivity contribution >= 4 is 32.5 Å². The molecule has 0 saturated heterocycles. The van der Waals surface area contributed by atoms with Gasteiger partial charge in [-0.1, -0.05) is 17.7 Å². The summed E-state index contributed by atoms with van der Waals surface area (Å²) in [7, 11) is -2.21. The molecule has 0 fully saturated rings. The largest absolute Gasteiger partial charge is 0.495 e. The van der Waals surface area contributed by atoms with Gasteiger partial charge in [-0.25, -0.2) is 13.1 Å².